The molecule has 1 aromatic carbocycles. The third-order valence-corrected chi connectivity index (χ3v) is 6.83. The lowest BCUT2D eigenvalue weighted by Gasteiger charge is -2.46. The third kappa shape index (κ3) is 2.45. The van der Waals surface area contributed by atoms with Crippen LogP contribution in [-0.2, 0) is 27.2 Å². The number of rotatable bonds is 2. The first-order chi connectivity index (χ1) is 14.0. The van der Waals surface area contributed by atoms with Gasteiger partial charge < -0.3 is 20.4 Å². The molecule has 30 heavy (non-hydrogen) atoms. The maximum atomic E-state index is 13.4. The Hall–Kier alpha value is -2.93. The summed E-state index contributed by atoms with van der Waals surface area (Å²) in [5.41, 5.74) is -0.662. The Balaban J connectivity index is 1.96. The smallest absolute Gasteiger partial charge is 0.202 e. The molecule has 7 heteroatoms. The van der Waals surface area contributed by atoms with Crippen molar-refractivity contribution in [2.45, 2.75) is 52.1 Å². The molecule has 158 valence electrons. The minimum Gasteiger partial charge on any atom is -0.508 e. The number of benzene rings is 1. The lowest BCUT2D eigenvalue weighted by molar-refractivity contribution is -0.147. The van der Waals surface area contributed by atoms with E-state index in [1.807, 2.05) is 13.0 Å². The summed E-state index contributed by atoms with van der Waals surface area (Å²) in [6, 6.07) is 1.85. The van der Waals surface area contributed by atoms with E-state index in [1.54, 1.807) is 6.92 Å². The van der Waals surface area contributed by atoms with Crippen LogP contribution < -0.4 is 0 Å². The lowest BCUT2D eigenvalue weighted by Crippen LogP contribution is -2.57. The fourth-order valence-corrected chi connectivity index (χ4v) is 5.34. The number of aromatic hydroxyl groups is 1. The number of hydrogen-bond donors (Lipinski definition) is 4. The number of aliphatic hydroxyl groups excluding tert-OH is 2. The van der Waals surface area contributed by atoms with Crippen molar-refractivity contribution in [3.63, 3.8) is 0 Å². The molecule has 0 aliphatic heterocycles. The molecule has 1 aromatic rings. The van der Waals surface area contributed by atoms with Crippen molar-refractivity contribution in [2.24, 2.45) is 11.8 Å². The number of Topliss-reactive ketones (excluding diaryl/α,β-unsaturated/α-hetero) is 3. The zero-order valence-corrected chi connectivity index (χ0v) is 17.1. The van der Waals surface area contributed by atoms with E-state index in [-0.39, 0.29) is 29.7 Å². The van der Waals surface area contributed by atoms with Crippen molar-refractivity contribution >= 4 is 23.1 Å². The highest BCUT2D eigenvalue weighted by Crippen LogP contribution is 2.52. The minimum absolute atomic E-state index is 0.0759. The number of ketones is 3. The monoisotopic (exact) mass is 412 g/mol. The molecule has 4 rings (SSSR count). The molecular weight excluding hydrogens is 388 g/mol. The SMILES string of the molecule is CCc1cc(C)c(O)c2c1C[C@@H]1C[C@@H]3CC(=O)C(C(C)=O)=C(O)[C@]3(O)C(=O)C1=C2O. The topological polar surface area (TPSA) is 132 Å². The van der Waals surface area contributed by atoms with E-state index in [0.717, 1.165) is 18.1 Å². The van der Waals surface area contributed by atoms with Gasteiger partial charge in [-0.25, -0.2) is 0 Å². The van der Waals surface area contributed by atoms with Gasteiger partial charge in [0.2, 0.25) is 5.78 Å². The Kier molecular flexibility index (Phi) is 4.43. The van der Waals surface area contributed by atoms with E-state index in [2.05, 4.69) is 0 Å². The summed E-state index contributed by atoms with van der Waals surface area (Å²) in [6.07, 6.45) is 0.977. The predicted octanol–water partition coefficient (Wildman–Crippen LogP) is 2.40. The van der Waals surface area contributed by atoms with Gasteiger partial charge in [-0.3, -0.25) is 14.4 Å². The van der Waals surface area contributed by atoms with Crippen LogP contribution in [0.1, 0.15) is 48.9 Å². The van der Waals surface area contributed by atoms with Gasteiger partial charge in [-0.15, -0.1) is 0 Å². The van der Waals surface area contributed by atoms with Crippen LogP contribution >= 0.6 is 0 Å². The van der Waals surface area contributed by atoms with E-state index in [0.29, 0.717) is 18.4 Å². The average Bonchev–Trinajstić information content (AvgIpc) is 2.67. The molecule has 0 amide bonds. The quantitative estimate of drug-likeness (QED) is 0.548. The molecular formula is C23H24O7. The maximum Gasteiger partial charge on any atom is 0.202 e. The first-order valence-corrected chi connectivity index (χ1v) is 10.1. The van der Waals surface area contributed by atoms with E-state index in [1.165, 1.54) is 0 Å². The maximum absolute atomic E-state index is 13.4. The van der Waals surface area contributed by atoms with E-state index >= 15 is 0 Å². The molecule has 0 bridgehead atoms. The Morgan fingerprint density at radius 2 is 1.87 bits per heavy atom. The standard InChI is InChI=1S/C23H24O7/c1-4-11-5-9(2)19(26)18-14(11)7-12-6-13-8-15(25)16(10(3)24)21(28)23(13,30)22(29)17(12)20(18)27/h5,12-13,26-28,30H,4,6-8H2,1-3H3/t12-,13+,23-/m0/s1. The van der Waals surface area contributed by atoms with Crippen LogP contribution in [0.3, 0.4) is 0 Å². The van der Waals surface area contributed by atoms with Gasteiger partial charge in [0.25, 0.3) is 0 Å². The highest BCUT2D eigenvalue weighted by molar-refractivity contribution is 6.23. The van der Waals surface area contributed by atoms with Crippen LogP contribution in [0.15, 0.2) is 23.0 Å². The van der Waals surface area contributed by atoms with Gasteiger partial charge in [-0.05, 0) is 55.7 Å². The number of hydrogen-bond acceptors (Lipinski definition) is 7. The second kappa shape index (κ2) is 6.54. The number of fused-ring (bicyclic) bond motifs is 3. The number of carbonyl (C=O) groups excluding carboxylic acids is 3. The van der Waals surface area contributed by atoms with Gasteiger partial charge in [0.1, 0.15) is 22.8 Å². The Morgan fingerprint density at radius 1 is 1.20 bits per heavy atom. The van der Waals surface area contributed by atoms with Gasteiger partial charge in [0.15, 0.2) is 17.2 Å². The van der Waals surface area contributed by atoms with Crippen molar-refractivity contribution in [3.05, 3.63) is 45.2 Å². The average molecular weight is 412 g/mol. The van der Waals surface area contributed by atoms with E-state index in [4.69, 9.17) is 0 Å². The van der Waals surface area contributed by atoms with Crippen LogP contribution in [0, 0.1) is 18.8 Å². The second-order valence-electron chi connectivity index (χ2n) is 8.51. The van der Waals surface area contributed by atoms with E-state index < -0.39 is 51.9 Å². The first kappa shape index (κ1) is 20.3. The normalized spacial score (nSPS) is 28.3. The van der Waals surface area contributed by atoms with Crippen molar-refractivity contribution in [1.29, 1.82) is 0 Å². The largest absolute Gasteiger partial charge is 0.508 e. The summed E-state index contributed by atoms with van der Waals surface area (Å²) in [7, 11) is 0. The second-order valence-corrected chi connectivity index (χ2v) is 8.51. The molecule has 0 radical (unpaired) electrons. The summed E-state index contributed by atoms with van der Waals surface area (Å²) in [5.74, 6) is -5.10. The van der Waals surface area contributed by atoms with Gasteiger partial charge >= 0.3 is 0 Å². The molecule has 4 N–H and O–H groups in total. The summed E-state index contributed by atoms with van der Waals surface area (Å²) < 4.78 is 0. The minimum atomic E-state index is -2.45. The van der Waals surface area contributed by atoms with Gasteiger partial charge in [-0.1, -0.05) is 13.0 Å². The number of aryl methyl sites for hydroxylation is 2. The number of allylic oxidation sites excluding steroid dienone is 1. The van der Waals surface area contributed by atoms with Crippen LogP contribution in [0.4, 0.5) is 0 Å². The zero-order chi connectivity index (χ0) is 22.1. The number of carbonyl (C=O) groups is 3. The molecule has 3 atom stereocenters. The number of phenolic OH excluding ortho intramolecular Hbond substituents is 1. The summed E-state index contributed by atoms with van der Waals surface area (Å²) in [6.45, 7) is 4.74. The van der Waals surface area contributed by atoms with Crippen LogP contribution in [0.25, 0.3) is 5.76 Å². The number of phenols is 1. The van der Waals surface area contributed by atoms with E-state index in [9.17, 15) is 34.8 Å². The Labute approximate surface area is 173 Å². The van der Waals surface area contributed by atoms with Gasteiger partial charge in [0.05, 0.1) is 5.56 Å². The molecule has 3 aliphatic carbocycles. The van der Waals surface area contributed by atoms with Crippen molar-refractivity contribution in [1.82, 2.24) is 0 Å². The number of aliphatic hydroxyl groups is 3. The molecule has 7 nitrogen and oxygen atoms in total. The van der Waals surface area contributed by atoms with Crippen LogP contribution in [-0.4, -0.2) is 43.4 Å². The molecule has 1 saturated carbocycles. The summed E-state index contributed by atoms with van der Waals surface area (Å²) >= 11 is 0. The highest BCUT2D eigenvalue weighted by atomic mass is 16.3. The fraction of sp³-hybridized carbons (Fsp3) is 0.435. The summed E-state index contributed by atoms with van der Waals surface area (Å²) in [5, 5.41) is 43.4. The molecule has 1 fully saturated rings. The van der Waals surface area contributed by atoms with Crippen LogP contribution in [0.5, 0.6) is 5.75 Å². The van der Waals surface area contributed by atoms with Gasteiger partial charge in [-0.2, -0.15) is 0 Å². The van der Waals surface area contributed by atoms with Crippen molar-refractivity contribution in [3.8, 4) is 5.75 Å². The molecule has 0 aromatic heterocycles. The van der Waals surface area contributed by atoms with Crippen molar-refractivity contribution < 1.29 is 34.8 Å². The molecule has 0 heterocycles. The van der Waals surface area contributed by atoms with Gasteiger partial charge in [0, 0.05) is 17.9 Å². The first-order valence-electron chi connectivity index (χ1n) is 10.1. The molecule has 0 unspecified atom stereocenters. The lowest BCUT2D eigenvalue weighted by atomic mass is 9.59. The fourth-order valence-electron chi connectivity index (χ4n) is 5.34. The van der Waals surface area contributed by atoms with Crippen LogP contribution in [0.2, 0.25) is 0 Å². The third-order valence-electron chi connectivity index (χ3n) is 6.83. The molecule has 0 spiro atoms. The Bertz CT molecular complexity index is 1090. The molecule has 3 aliphatic rings. The highest BCUT2D eigenvalue weighted by Gasteiger charge is 2.60. The molecule has 0 saturated heterocycles. The summed E-state index contributed by atoms with van der Waals surface area (Å²) in [4.78, 5) is 37.7. The van der Waals surface area contributed by atoms with Crippen molar-refractivity contribution in [2.75, 3.05) is 0 Å². The zero-order valence-electron chi connectivity index (χ0n) is 17.1. The Morgan fingerprint density at radius 3 is 2.47 bits per heavy atom. The predicted molar refractivity (Wildman–Crippen MR) is 107 cm³/mol.